The fraction of sp³-hybridized carbons (Fsp3) is 0.600. The van der Waals surface area contributed by atoms with Gasteiger partial charge in [0.15, 0.2) is 0 Å². The third kappa shape index (κ3) is 2.81. The summed E-state index contributed by atoms with van der Waals surface area (Å²) in [5, 5.41) is 3.40. The van der Waals surface area contributed by atoms with Gasteiger partial charge in [-0.25, -0.2) is 0 Å². The SMILES string of the molecule is CNC1CCC(N(C)c2ccccc2C)CC1. The van der Waals surface area contributed by atoms with E-state index in [2.05, 4.69) is 55.5 Å². The third-order valence-corrected chi connectivity index (χ3v) is 4.15. The molecule has 1 saturated carbocycles. The van der Waals surface area contributed by atoms with E-state index in [1.165, 1.54) is 36.9 Å². The molecule has 1 aromatic carbocycles. The van der Waals surface area contributed by atoms with Crippen LogP contribution in [0.3, 0.4) is 0 Å². The first-order valence-corrected chi connectivity index (χ1v) is 6.68. The van der Waals surface area contributed by atoms with Crippen LogP contribution in [-0.2, 0) is 0 Å². The number of rotatable bonds is 3. The van der Waals surface area contributed by atoms with E-state index in [1.807, 2.05) is 0 Å². The summed E-state index contributed by atoms with van der Waals surface area (Å²) >= 11 is 0. The van der Waals surface area contributed by atoms with Gasteiger partial charge in [0.05, 0.1) is 0 Å². The molecule has 2 nitrogen and oxygen atoms in total. The largest absolute Gasteiger partial charge is 0.371 e. The van der Waals surface area contributed by atoms with Crippen molar-refractivity contribution in [1.29, 1.82) is 0 Å². The Hall–Kier alpha value is -1.02. The monoisotopic (exact) mass is 232 g/mol. The lowest BCUT2D eigenvalue weighted by Gasteiger charge is -2.36. The van der Waals surface area contributed by atoms with E-state index in [0.717, 1.165) is 6.04 Å². The Labute approximate surface area is 105 Å². The number of nitrogens with one attached hydrogen (secondary N) is 1. The van der Waals surface area contributed by atoms with Gasteiger partial charge in [0, 0.05) is 24.8 Å². The van der Waals surface area contributed by atoms with Crippen LogP contribution in [-0.4, -0.2) is 26.2 Å². The zero-order valence-corrected chi connectivity index (χ0v) is 11.2. The maximum absolute atomic E-state index is 3.40. The van der Waals surface area contributed by atoms with Crippen molar-refractivity contribution in [3.05, 3.63) is 29.8 Å². The Morgan fingerprint density at radius 2 is 1.76 bits per heavy atom. The highest BCUT2D eigenvalue weighted by atomic mass is 15.1. The van der Waals surface area contributed by atoms with Crippen molar-refractivity contribution in [3.63, 3.8) is 0 Å². The fourth-order valence-electron chi connectivity index (χ4n) is 2.91. The highest BCUT2D eigenvalue weighted by molar-refractivity contribution is 5.53. The number of hydrogen-bond acceptors (Lipinski definition) is 2. The number of anilines is 1. The molecule has 0 heterocycles. The summed E-state index contributed by atoms with van der Waals surface area (Å²) in [6, 6.07) is 10.1. The molecular formula is C15H24N2. The molecular weight excluding hydrogens is 208 g/mol. The quantitative estimate of drug-likeness (QED) is 0.862. The molecule has 94 valence electrons. The lowest BCUT2D eigenvalue weighted by molar-refractivity contribution is 0.351. The van der Waals surface area contributed by atoms with Crippen molar-refractivity contribution in [2.75, 3.05) is 19.0 Å². The van der Waals surface area contributed by atoms with Crippen LogP contribution in [0, 0.1) is 6.92 Å². The number of nitrogens with zero attached hydrogens (tertiary/aromatic N) is 1. The minimum Gasteiger partial charge on any atom is -0.371 e. The molecule has 0 bridgehead atoms. The molecule has 0 radical (unpaired) electrons. The van der Waals surface area contributed by atoms with Crippen molar-refractivity contribution in [1.82, 2.24) is 5.32 Å². The minimum atomic E-state index is 0.709. The summed E-state index contributed by atoms with van der Waals surface area (Å²) in [7, 11) is 4.32. The smallest absolute Gasteiger partial charge is 0.0395 e. The van der Waals surface area contributed by atoms with Crippen LogP contribution < -0.4 is 10.2 Å². The summed E-state index contributed by atoms with van der Waals surface area (Å²) < 4.78 is 0. The molecule has 1 aliphatic rings. The first-order chi connectivity index (χ1) is 8.22. The van der Waals surface area contributed by atoms with E-state index in [9.17, 15) is 0 Å². The van der Waals surface area contributed by atoms with Crippen LogP contribution in [0.1, 0.15) is 31.2 Å². The zero-order chi connectivity index (χ0) is 12.3. The Kier molecular flexibility index (Phi) is 4.06. The molecule has 2 heteroatoms. The molecule has 0 saturated heterocycles. The molecule has 0 unspecified atom stereocenters. The van der Waals surface area contributed by atoms with Crippen LogP contribution in [0.2, 0.25) is 0 Å². The first-order valence-electron chi connectivity index (χ1n) is 6.68. The van der Waals surface area contributed by atoms with Crippen LogP contribution in [0.4, 0.5) is 5.69 Å². The van der Waals surface area contributed by atoms with Crippen LogP contribution in [0.5, 0.6) is 0 Å². The Bertz CT molecular complexity index is 354. The van der Waals surface area contributed by atoms with E-state index in [0.29, 0.717) is 6.04 Å². The molecule has 0 amide bonds. The normalized spacial score (nSPS) is 24.6. The van der Waals surface area contributed by atoms with E-state index >= 15 is 0 Å². The maximum Gasteiger partial charge on any atom is 0.0395 e. The van der Waals surface area contributed by atoms with Gasteiger partial charge in [-0.15, -0.1) is 0 Å². The molecule has 17 heavy (non-hydrogen) atoms. The number of para-hydroxylation sites is 1. The summed E-state index contributed by atoms with van der Waals surface area (Å²) in [5.41, 5.74) is 2.77. The van der Waals surface area contributed by atoms with Crippen LogP contribution in [0.25, 0.3) is 0 Å². The van der Waals surface area contributed by atoms with Crippen molar-refractivity contribution in [2.24, 2.45) is 0 Å². The van der Waals surface area contributed by atoms with Crippen molar-refractivity contribution in [3.8, 4) is 0 Å². The highest BCUT2D eigenvalue weighted by Crippen LogP contribution is 2.28. The van der Waals surface area contributed by atoms with E-state index in [-0.39, 0.29) is 0 Å². The second-order valence-electron chi connectivity index (χ2n) is 5.19. The zero-order valence-electron chi connectivity index (χ0n) is 11.2. The van der Waals surface area contributed by atoms with E-state index in [1.54, 1.807) is 0 Å². The number of aryl methyl sites for hydroxylation is 1. The van der Waals surface area contributed by atoms with E-state index < -0.39 is 0 Å². The summed E-state index contributed by atoms with van der Waals surface area (Å²) in [6.45, 7) is 2.20. The van der Waals surface area contributed by atoms with Crippen molar-refractivity contribution < 1.29 is 0 Å². The summed E-state index contributed by atoms with van der Waals surface area (Å²) in [6.07, 6.45) is 5.21. The van der Waals surface area contributed by atoms with Crippen LogP contribution >= 0.6 is 0 Å². The van der Waals surface area contributed by atoms with E-state index in [4.69, 9.17) is 0 Å². The van der Waals surface area contributed by atoms with Gasteiger partial charge in [0.2, 0.25) is 0 Å². The molecule has 0 spiro atoms. The second-order valence-corrected chi connectivity index (χ2v) is 5.19. The van der Waals surface area contributed by atoms with Gasteiger partial charge in [0.25, 0.3) is 0 Å². The summed E-state index contributed by atoms with van der Waals surface area (Å²) in [5.74, 6) is 0. The molecule has 0 atom stereocenters. The summed E-state index contributed by atoms with van der Waals surface area (Å²) in [4.78, 5) is 2.47. The highest BCUT2D eigenvalue weighted by Gasteiger charge is 2.23. The standard InChI is InChI=1S/C15H24N2/c1-12-6-4-5-7-15(12)17(3)14-10-8-13(16-2)9-11-14/h4-7,13-14,16H,8-11H2,1-3H3. The lowest BCUT2D eigenvalue weighted by atomic mass is 9.90. The third-order valence-electron chi connectivity index (χ3n) is 4.15. The Balaban J connectivity index is 2.02. The van der Waals surface area contributed by atoms with Crippen LogP contribution in [0.15, 0.2) is 24.3 Å². The molecule has 2 rings (SSSR count). The van der Waals surface area contributed by atoms with Gasteiger partial charge >= 0.3 is 0 Å². The van der Waals surface area contributed by atoms with Gasteiger partial charge in [-0.2, -0.15) is 0 Å². The van der Waals surface area contributed by atoms with Gasteiger partial charge in [0.1, 0.15) is 0 Å². The fourth-order valence-corrected chi connectivity index (χ4v) is 2.91. The Morgan fingerprint density at radius 3 is 2.35 bits per heavy atom. The molecule has 0 aliphatic heterocycles. The number of benzene rings is 1. The van der Waals surface area contributed by atoms with Gasteiger partial charge in [-0.3, -0.25) is 0 Å². The van der Waals surface area contributed by atoms with Gasteiger partial charge in [-0.1, -0.05) is 18.2 Å². The average Bonchev–Trinajstić information content (AvgIpc) is 2.39. The predicted molar refractivity (Wildman–Crippen MR) is 74.7 cm³/mol. The van der Waals surface area contributed by atoms with Gasteiger partial charge < -0.3 is 10.2 Å². The molecule has 1 aromatic rings. The Morgan fingerprint density at radius 1 is 1.12 bits per heavy atom. The topological polar surface area (TPSA) is 15.3 Å². The van der Waals surface area contributed by atoms with Crippen molar-refractivity contribution >= 4 is 5.69 Å². The average molecular weight is 232 g/mol. The first kappa shape index (κ1) is 12.4. The molecule has 1 fully saturated rings. The minimum absolute atomic E-state index is 0.709. The molecule has 1 aliphatic carbocycles. The maximum atomic E-state index is 3.40. The predicted octanol–water partition coefficient (Wildman–Crippen LogP) is 2.96. The molecule has 0 aromatic heterocycles. The lowest BCUT2D eigenvalue weighted by Crippen LogP contribution is -2.40. The van der Waals surface area contributed by atoms with Crippen molar-refractivity contribution in [2.45, 2.75) is 44.7 Å². The molecule has 1 N–H and O–H groups in total. The van der Waals surface area contributed by atoms with Gasteiger partial charge in [-0.05, 0) is 51.3 Å². The second kappa shape index (κ2) is 5.54. The number of hydrogen-bond donors (Lipinski definition) is 1.